The van der Waals surface area contributed by atoms with Crippen LogP contribution in [0.1, 0.15) is 33.0 Å². The number of aliphatic hydroxyl groups is 1. The second-order valence-corrected chi connectivity index (χ2v) is 7.45. The Labute approximate surface area is 193 Å². The first-order chi connectivity index (χ1) is 16.1. The molecule has 2 aromatic carbocycles. The number of hydrogen-bond donors (Lipinski definition) is 3. The van der Waals surface area contributed by atoms with Crippen LogP contribution in [0.3, 0.4) is 0 Å². The lowest BCUT2D eigenvalue weighted by atomic mass is 9.97. The van der Waals surface area contributed by atoms with Gasteiger partial charge >= 0.3 is 6.18 Å². The number of rotatable bonds is 8. The Morgan fingerprint density at radius 1 is 1.09 bits per heavy atom. The lowest BCUT2D eigenvalue weighted by Crippen LogP contribution is -2.46. The van der Waals surface area contributed by atoms with Gasteiger partial charge in [0, 0.05) is 38.0 Å². The molecular formula is C23H23F3N4O4. The number of halogens is 3. The molecule has 1 aromatic heterocycles. The lowest BCUT2D eigenvalue weighted by Gasteiger charge is -2.30. The Kier molecular flexibility index (Phi) is 7.26. The number of benzene rings is 2. The van der Waals surface area contributed by atoms with E-state index in [-0.39, 0.29) is 11.3 Å². The van der Waals surface area contributed by atoms with Gasteiger partial charge in [-0.15, -0.1) is 0 Å². The Balaban J connectivity index is 1.71. The number of aryl methyl sites for hydroxylation is 1. The Hall–Kier alpha value is -3.86. The fourth-order valence-corrected chi connectivity index (χ4v) is 3.32. The van der Waals surface area contributed by atoms with Gasteiger partial charge in [-0.1, -0.05) is 12.1 Å². The Morgan fingerprint density at radius 2 is 1.76 bits per heavy atom. The normalized spacial score (nSPS) is 13.1. The number of ether oxygens (including phenoxy) is 1. The number of nitrogens with zero attached hydrogens (tertiary/aromatic N) is 2. The summed E-state index contributed by atoms with van der Waals surface area (Å²) in [6.07, 6.45) is -3.44. The molecule has 3 aromatic rings. The minimum absolute atomic E-state index is 0.0527. The summed E-state index contributed by atoms with van der Waals surface area (Å²) in [4.78, 5) is 28.9. The van der Waals surface area contributed by atoms with Crippen molar-refractivity contribution in [2.45, 2.75) is 18.2 Å². The lowest BCUT2D eigenvalue weighted by molar-refractivity contribution is -0.272. The van der Waals surface area contributed by atoms with Gasteiger partial charge in [-0.05, 0) is 36.4 Å². The zero-order valence-electron chi connectivity index (χ0n) is 18.4. The van der Waals surface area contributed by atoms with Gasteiger partial charge in [-0.25, -0.2) is 4.98 Å². The third-order valence-corrected chi connectivity index (χ3v) is 5.20. The van der Waals surface area contributed by atoms with Crippen LogP contribution in [-0.2, 0) is 12.6 Å². The molecule has 0 fully saturated rings. The molecule has 0 radical (unpaired) electrons. The highest BCUT2D eigenvalue weighted by Gasteiger charge is 2.57. The van der Waals surface area contributed by atoms with Crippen molar-refractivity contribution in [2.75, 3.05) is 19.0 Å². The van der Waals surface area contributed by atoms with E-state index in [1.807, 2.05) is 0 Å². The second kappa shape index (κ2) is 9.96. The zero-order chi connectivity index (χ0) is 24.9. The van der Waals surface area contributed by atoms with Crippen LogP contribution in [0.5, 0.6) is 5.75 Å². The fourth-order valence-electron chi connectivity index (χ4n) is 3.32. The molecule has 0 aliphatic heterocycles. The van der Waals surface area contributed by atoms with Crippen molar-refractivity contribution in [2.24, 2.45) is 7.05 Å². The summed E-state index contributed by atoms with van der Waals surface area (Å²) in [7, 11) is 2.83. The van der Waals surface area contributed by atoms with Gasteiger partial charge < -0.3 is 25.0 Å². The number of carbonyl (C=O) groups excluding carboxylic acids is 2. The quantitative estimate of drug-likeness (QED) is 0.463. The summed E-state index contributed by atoms with van der Waals surface area (Å²) in [5.74, 6) is -1.21. The molecule has 3 rings (SSSR count). The number of hydrogen-bond acceptors (Lipinski definition) is 5. The maximum Gasteiger partial charge on any atom is 0.424 e. The predicted molar refractivity (Wildman–Crippen MR) is 117 cm³/mol. The Bertz CT molecular complexity index is 1160. The number of alkyl halides is 3. The highest BCUT2D eigenvalue weighted by Crippen LogP contribution is 2.40. The van der Waals surface area contributed by atoms with Crippen molar-refractivity contribution in [3.05, 3.63) is 77.9 Å². The van der Waals surface area contributed by atoms with E-state index in [0.29, 0.717) is 11.3 Å². The van der Waals surface area contributed by atoms with E-state index in [1.165, 1.54) is 32.5 Å². The number of carbonyl (C=O) groups is 2. The summed E-state index contributed by atoms with van der Waals surface area (Å²) < 4.78 is 47.0. The van der Waals surface area contributed by atoms with Crippen LogP contribution in [0.2, 0.25) is 0 Å². The first kappa shape index (κ1) is 24.8. The van der Waals surface area contributed by atoms with E-state index in [2.05, 4.69) is 15.6 Å². The van der Waals surface area contributed by atoms with Crippen LogP contribution in [0.15, 0.2) is 60.9 Å². The van der Waals surface area contributed by atoms with E-state index in [1.54, 1.807) is 36.4 Å². The van der Waals surface area contributed by atoms with E-state index >= 15 is 0 Å². The molecule has 8 nitrogen and oxygen atoms in total. The number of nitrogens with one attached hydrogen (secondary N) is 2. The first-order valence-corrected chi connectivity index (χ1v) is 10.2. The number of aromatic nitrogens is 2. The number of methoxy groups -OCH3 is 1. The van der Waals surface area contributed by atoms with Crippen LogP contribution >= 0.6 is 0 Å². The molecular weight excluding hydrogens is 453 g/mol. The summed E-state index contributed by atoms with van der Waals surface area (Å²) in [5.41, 5.74) is -2.70. The van der Waals surface area contributed by atoms with E-state index in [4.69, 9.17) is 4.74 Å². The third-order valence-electron chi connectivity index (χ3n) is 5.20. The average Bonchev–Trinajstić information content (AvgIpc) is 3.24. The standard InChI is InChI=1S/C23H23F3N4O4/c1-30-14-13-28-21(30)22(33,23(24,25)26)11-12-27-20(32)17-5-3-4-6-18(17)29-19(31)15-7-9-16(34-2)10-8-15/h3-10,13-14,33H,11-12H2,1-2H3,(H,27,32)(H,29,31). The Morgan fingerprint density at radius 3 is 2.35 bits per heavy atom. The minimum Gasteiger partial charge on any atom is -0.497 e. The van der Waals surface area contributed by atoms with Crippen molar-refractivity contribution in [3.63, 3.8) is 0 Å². The number of imidazole rings is 1. The van der Waals surface area contributed by atoms with Gasteiger partial charge in [0.25, 0.3) is 11.8 Å². The molecule has 0 saturated carbocycles. The predicted octanol–water partition coefficient (Wildman–Crippen LogP) is 3.25. The molecule has 0 spiro atoms. The maximum absolute atomic E-state index is 13.6. The monoisotopic (exact) mass is 476 g/mol. The van der Waals surface area contributed by atoms with Crippen molar-refractivity contribution in [1.82, 2.24) is 14.9 Å². The van der Waals surface area contributed by atoms with E-state index in [0.717, 1.165) is 10.8 Å². The average molecular weight is 476 g/mol. The fraction of sp³-hybridized carbons (Fsp3) is 0.261. The molecule has 2 amide bonds. The third kappa shape index (κ3) is 5.20. The molecule has 0 saturated heterocycles. The van der Waals surface area contributed by atoms with E-state index in [9.17, 15) is 27.9 Å². The van der Waals surface area contributed by atoms with Crippen LogP contribution in [0.25, 0.3) is 0 Å². The smallest absolute Gasteiger partial charge is 0.424 e. The number of anilines is 1. The molecule has 180 valence electrons. The maximum atomic E-state index is 13.6. The topological polar surface area (TPSA) is 105 Å². The van der Waals surface area contributed by atoms with Crippen LogP contribution in [0, 0.1) is 0 Å². The highest BCUT2D eigenvalue weighted by atomic mass is 19.4. The van der Waals surface area contributed by atoms with E-state index < -0.39 is 42.4 Å². The van der Waals surface area contributed by atoms with Gasteiger partial charge in [0.15, 0.2) is 0 Å². The first-order valence-electron chi connectivity index (χ1n) is 10.2. The van der Waals surface area contributed by atoms with Gasteiger partial charge in [-0.2, -0.15) is 13.2 Å². The van der Waals surface area contributed by atoms with Crippen molar-refractivity contribution >= 4 is 17.5 Å². The van der Waals surface area contributed by atoms with Gasteiger partial charge in [-0.3, -0.25) is 9.59 Å². The number of para-hydroxylation sites is 1. The molecule has 11 heteroatoms. The molecule has 1 heterocycles. The minimum atomic E-state index is -5.01. The molecule has 1 atom stereocenters. The molecule has 0 bridgehead atoms. The summed E-state index contributed by atoms with van der Waals surface area (Å²) in [6, 6.07) is 12.4. The van der Waals surface area contributed by atoms with Crippen LogP contribution < -0.4 is 15.4 Å². The second-order valence-electron chi connectivity index (χ2n) is 7.45. The molecule has 34 heavy (non-hydrogen) atoms. The zero-order valence-corrected chi connectivity index (χ0v) is 18.4. The van der Waals surface area contributed by atoms with Crippen LogP contribution in [-0.4, -0.2) is 46.3 Å². The van der Waals surface area contributed by atoms with Crippen molar-refractivity contribution in [3.8, 4) is 5.75 Å². The van der Waals surface area contributed by atoms with Crippen LogP contribution in [0.4, 0.5) is 18.9 Å². The summed E-state index contributed by atoms with van der Waals surface area (Å²) in [5, 5.41) is 15.4. The largest absolute Gasteiger partial charge is 0.497 e. The SMILES string of the molecule is COc1ccc(C(=O)Nc2ccccc2C(=O)NCCC(O)(c2nccn2C)C(F)(F)F)cc1. The molecule has 0 aliphatic carbocycles. The van der Waals surface area contributed by atoms with Gasteiger partial charge in [0.2, 0.25) is 5.60 Å². The van der Waals surface area contributed by atoms with Gasteiger partial charge in [0.05, 0.1) is 18.4 Å². The summed E-state index contributed by atoms with van der Waals surface area (Å²) >= 11 is 0. The molecule has 0 aliphatic rings. The highest BCUT2D eigenvalue weighted by molar-refractivity contribution is 6.09. The van der Waals surface area contributed by atoms with Crippen molar-refractivity contribution < 1.29 is 32.6 Å². The molecule has 1 unspecified atom stereocenters. The van der Waals surface area contributed by atoms with Crippen molar-refractivity contribution in [1.29, 1.82) is 0 Å². The summed E-state index contributed by atoms with van der Waals surface area (Å²) in [6.45, 7) is -0.498. The number of amides is 2. The molecule has 3 N–H and O–H groups in total. The van der Waals surface area contributed by atoms with Gasteiger partial charge in [0.1, 0.15) is 11.6 Å².